The molecule has 2 N–H and O–H groups in total. The van der Waals surface area contributed by atoms with Crippen molar-refractivity contribution in [3.05, 3.63) is 23.8 Å². The van der Waals surface area contributed by atoms with Gasteiger partial charge in [-0.25, -0.2) is 0 Å². The molecule has 4 rings (SSSR count). The largest absolute Gasteiger partial charge is 0.389 e. The molecule has 0 aromatic heterocycles. The van der Waals surface area contributed by atoms with Crippen LogP contribution in [-0.2, 0) is 0 Å². The van der Waals surface area contributed by atoms with Crippen LogP contribution >= 0.6 is 0 Å². The van der Waals surface area contributed by atoms with E-state index in [1.54, 1.807) is 0 Å². The van der Waals surface area contributed by atoms with E-state index in [0.717, 1.165) is 38.5 Å². The zero-order chi connectivity index (χ0) is 16.5. The highest BCUT2D eigenvalue weighted by Gasteiger charge is 2.62. The maximum atomic E-state index is 11.0. The lowest BCUT2D eigenvalue weighted by molar-refractivity contribution is -0.0867. The van der Waals surface area contributed by atoms with Crippen molar-refractivity contribution in [2.24, 2.45) is 28.6 Å². The number of allylic oxidation sites excluding steroid dienone is 2. The molecule has 2 nitrogen and oxygen atoms in total. The topological polar surface area (TPSA) is 40.5 Å². The van der Waals surface area contributed by atoms with Crippen molar-refractivity contribution < 1.29 is 10.2 Å². The predicted molar refractivity (Wildman–Crippen MR) is 91.4 cm³/mol. The molecule has 0 bridgehead atoms. The van der Waals surface area contributed by atoms with E-state index >= 15 is 0 Å². The van der Waals surface area contributed by atoms with E-state index in [2.05, 4.69) is 31.9 Å². The Kier molecular flexibility index (Phi) is 3.19. The van der Waals surface area contributed by atoms with Gasteiger partial charge in [0.25, 0.3) is 0 Å². The fraction of sp³-hybridized carbons (Fsp3) is 0.714. The van der Waals surface area contributed by atoms with Gasteiger partial charge >= 0.3 is 0 Å². The minimum absolute atomic E-state index is 0.0837. The Morgan fingerprint density at radius 2 is 1.96 bits per heavy atom. The van der Waals surface area contributed by atoms with Crippen LogP contribution in [-0.4, -0.2) is 21.9 Å². The molecule has 0 aliphatic heterocycles. The van der Waals surface area contributed by atoms with Crippen LogP contribution in [0, 0.1) is 40.9 Å². The van der Waals surface area contributed by atoms with Crippen LogP contribution in [0.4, 0.5) is 0 Å². The highest BCUT2D eigenvalue weighted by molar-refractivity contribution is 5.34. The summed E-state index contributed by atoms with van der Waals surface area (Å²) < 4.78 is 0. The first-order valence-electron chi connectivity index (χ1n) is 9.11. The average molecular weight is 312 g/mol. The van der Waals surface area contributed by atoms with Gasteiger partial charge in [0, 0.05) is 10.8 Å². The lowest BCUT2D eigenvalue weighted by Crippen LogP contribution is -2.53. The maximum absolute atomic E-state index is 11.0. The number of aliphatic hydroxyl groups excluding tert-OH is 1. The summed E-state index contributed by atoms with van der Waals surface area (Å²) in [6, 6.07) is 0. The van der Waals surface area contributed by atoms with Gasteiger partial charge in [0.05, 0.1) is 6.10 Å². The standard InChI is InChI=1S/C21H28O2/c1-4-21(23)12-9-18-16-6-5-14-13-15(22)7-10-19(14,2)17(16)8-11-20(18,21)3/h1,5,7,10,15-18,22-23H,6,8-9,11-13H2,2-3H3/t15-,16?,17?,18?,19-,20-,21-/m0/s1. The molecule has 3 unspecified atom stereocenters. The van der Waals surface area contributed by atoms with Crippen LogP contribution in [0.15, 0.2) is 23.8 Å². The third-order valence-electron chi connectivity index (χ3n) is 8.02. The van der Waals surface area contributed by atoms with Crippen LogP contribution < -0.4 is 0 Å². The van der Waals surface area contributed by atoms with E-state index in [4.69, 9.17) is 6.42 Å². The molecule has 7 atom stereocenters. The Morgan fingerprint density at radius 1 is 1.22 bits per heavy atom. The van der Waals surface area contributed by atoms with Crippen molar-refractivity contribution in [2.45, 2.75) is 64.1 Å². The number of rotatable bonds is 0. The molecule has 0 radical (unpaired) electrons. The van der Waals surface area contributed by atoms with Crippen molar-refractivity contribution in [1.82, 2.24) is 0 Å². The van der Waals surface area contributed by atoms with E-state index in [1.807, 2.05) is 6.08 Å². The maximum Gasteiger partial charge on any atom is 0.130 e. The fourth-order valence-electron chi connectivity index (χ4n) is 6.49. The molecule has 0 spiro atoms. The first kappa shape index (κ1) is 15.5. The second kappa shape index (κ2) is 4.74. The number of terminal acetylenes is 1. The van der Waals surface area contributed by atoms with Crippen LogP contribution in [0.3, 0.4) is 0 Å². The summed E-state index contributed by atoms with van der Waals surface area (Å²) in [7, 11) is 0. The van der Waals surface area contributed by atoms with E-state index < -0.39 is 5.60 Å². The molecule has 0 heterocycles. The molecule has 0 aromatic carbocycles. The molecular weight excluding hydrogens is 284 g/mol. The fourth-order valence-corrected chi connectivity index (χ4v) is 6.49. The minimum Gasteiger partial charge on any atom is -0.389 e. The van der Waals surface area contributed by atoms with Crippen molar-refractivity contribution in [3.63, 3.8) is 0 Å². The molecular formula is C21H28O2. The van der Waals surface area contributed by atoms with Gasteiger partial charge in [-0.1, -0.05) is 43.6 Å². The van der Waals surface area contributed by atoms with E-state index in [1.165, 1.54) is 5.57 Å². The minimum atomic E-state index is -0.924. The van der Waals surface area contributed by atoms with Gasteiger partial charge in [-0.05, 0) is 56.3 Å². The summed E-state index contributed by atoms with van der Waals surface area (Å²) in [5.74, 6) is 4.47. The second-order valence-corrected chi connectivity index (χ2v) is 8.75. The smallest absolute Gasteiger partial charge is 0.130 e. The van der Waals surface area contributed by atoms with E-state index in [-0.39, 0.29) is 16.9 Å². The molecule has 2 saturated carbocycles. The van der Waals surface area contributed by atoms with Crippen LogP contribution in [0.25, 0.3) is 0 Å². The van der Waals surface area contributed by atoms with Crippen LogP contribution in [0.1, 0.15) is 52.4 Å². The summed E-state index contributed by atoms with van der Waals surface area (Å²) in [6.45, 7) is 4.58. The molecule has 2 fully saturated rings. The zero-order valence-electron chi connectivity index (χ0n) is 14.3. The number of fused-ring (bicyclic) bond motifs is 5. The molecule has 0 saturated heterocycles. The third kappa shape index (κ3) is 1.84. The summed E-state index contributed by atoms with van der Waals surface area (Å²) in [6.07, 6.45) is 17.8. The Balaban J connectivity index is 1.72. The van der Waals surface area contributed by atoms with Crippen molar-refractivity contribution in [2.75, 3.05) is 0 Å². The quantitative estimate of drug-likeness (QED) is 0.531. The highest BCUT2D eigenvalue weighted by Crippen LogP contribution is 2.66. The van der Waals surface area contributed by atoms with Crippen molar-refractivity contribution in [1.29, 1.82) is 0 Å². The van der Waals surface area contributed by atoms with Crippen LogP contribution in [0.2, 0.25) is 0 Å². The molecule has 23 heavy (non-hydrogen) atoms. The third-order valence-corrected chi connectivity index (χ3v) is 8.02. The van der Waals surface area contributed by atoms with Gasteiger partial charge in [-0.2, -0.15) is 0 Å². The first-order valence-corrected chi connectivity index (χ1v) is 9.11. The van der Waals surface area contributed by atoms with Gasteiger partial charge in [0.1, 0.15) is 5.60 Å². The lowest BCUT2D eigenvalue weighted by Gasteiger charge is -2.57. The molecule has 4 aliphatic carbocycles. The second-order valence-electron chi connectivity index (χ2n) is 8.75. The van der Waals surface area contributed by atoms with E-state index in [0.29, 0.717) is 17.8 Å². The normalized spacial score (nSPS) is 54.5. The highest BCUT2D eigenvalue weighted by atomic mass is 16.3. The number of hydrogen-bond acceptors (Lipinski definition) is 2. The van der Waals surface area contributed by atoms with Gasteiger partial charge in [-0.15, -0.1) is 6.42 Å². The van der Waals surface area contributed by atoms with Gasteiger partial charge in [0.2, 0.25) is 0 Å². The van der Waals surface area contributed by atoms with Gasteiger partial charge in [-0.3, -0.25) is 0 Å². The monoisotopic (exact) mass is 312 g/mol. The summed E-state index contributed by atoms with van der Waals surface area (Å²) in [5.41, 5.74) is 0.442. The van der Waals surface area contributed by atoms with Crippen molar-refractivity contribution in [3.8, 4) is 12.3 Å². The Hall–Kier alpha value is -1.04. The Labute approximate surface area is 139 Å². The lowest BCUT2D eigenvalue weighted by atomic mass is 9.48. The zero-order valence-corrected chi connectivity index (χ0v) is 14.3. The predicted octanol–water partition coefficient (Wildman–Crippen LogP) is 3.45. The number of hydrogen-bond donors (Lipinski definition) is 2. The molecule has 2 heteroatoms. The van der Waals surface area contributed by atoms with Crippen LogP contribution in [0.5, 0.6) is 0 Å². The molecule has 124 valence electrons. The Morgan fingerprint density at radius 3 is 2.70 bits per heavy atom. The average Bonchev–Trinajstić information content (AvgIpc) is 2.80. The Bertz CT molecular complexity index is 626. The summed E-state index contributed by atoms with van der Waals surface area (Å²) >= 11 is 0. The van der Waals surface area contributed by atoms with Gasteiger partial charge < -0.3 is 10.2 Å². The van der Waals surface area contributed by atoms with E-state index in [9.17, 15) is 10.2 Å². The van der Waals surface area contributed by atoms with Crippen molar-refractivity contribution >= 4 is 0 Å². The summed E-state index contributed by atoms with van der Waals surface area (Å²) in [4.78, 5) is 0. The molecule has 0 aromatic rings. The number of aliphatic hydroxyl groups is 2. The van der Waals surface area contributed by atoms with Gasteiger partial charge in [0.15, 0.2) is 0 Å². The summed E-state index contributed by atoms with van der Waals surface area (Å²) in [5, 5.41) is 20.9. The molecule has 0 amide bonds. The molecule has 4 aliphatic rings. The first-order chi connectivity index (χ1) is 10.8. The SMILES string of the molecule is C#C[C@]1(O)CCC2C3CC=C4C[C@@H](O)C=C[C@]4(C)C3CC[C@@]21C.